The first kappa shape index (κ1) is 20.2. The van der Waals surface area contributed by atoms with Gasteiger partial charge in [0.15, 0.2) is 11.5 Å². The van der Waals surface area contributed by atoms with Crippen LogP contribution in [0.4, 0.5) is 0 Å². The van der Waals surface area contributed by atoms with Crippen LogP contribution in [0, 0.1) is 0 Å². The van der Waals surface area contributed by atoms with Gasteiger partial charge in [-0.2, -0.15) is 0 Å². The maximum Gasteiger partial charge on any atom is 0.251 e. The van der Waals surface area contributed by atoms with Gasteiger partial charge in [-0.3, -0.25) is 9.69 Å². The zero-order valence-corrected chi connectivity index (χ0v) is 17.9. The Bertz CT molecular complexity index is 796. The van der Waals surface area contributed by atoms with E-state index in [0.29, 0.717) is 17.9 Å². The van der Waals surface area contributed by atoms with Gasteiger partial charge in [0, 0.05) is 17.0 Å². The number of benzene rings is 1. The Morgan fingerprint density at radius 2 is 1.97 bits per heavy atom. The number of likely N-dealkylation sites (tertiary alicyclic amines) is 1. The first-order valence-electron chi connectivity index (χ1n) is 10.6. The minimum atomic E-state index is -0.0727. The summed E-state index contributed by atoms with van der Waals surface area (Å²) in [5, 5.41) is 5.24. The molecule has 1 N–H and O–H groups in total. The summed E-state index contributed by atoms with van der Waals surface area (Å²) in [4.78, 5) is 16.6. The largest absolute Gasteiger partial charge is 0.493 e. The van der Waals surface area contributed by atoms with E-state index in [-0.39, 0.29) is 18.1 Å². The molecule has 1 amide bonds. The minimum Gasteiger partial charge on any atom is -0.493 e. The van der Waals surface area contributed by atoms with Gasteiger partial charge in [0.1, 0.15) is 0 Å². The molecule has 2 heterocycles. The van der Waals surface area contributed by atoms with Crippen LogP contribution in [0.1, 0.15) is 59.8 Å². The van der Waals surface area contributed by atoms with Gasteiger partial charge < -0.3 is 14.8 Å². The second-order valence-electron chi connectivity index (χ2n) is 7.87. The van der Waals surface area contributed by atoms with Crippen LogP contribution in [0.3, 0.4) is 0 Å². The summed E-state index contributed by atoms with van der Waals surface area (Å²) in [7, 11) is 1.62. The van der Waals surface area contributed by atoms with Crippen molar-refractivity contribution in [2.75, 3.05) is 26.7 Å². The van der Waals surface area contributed by atoms with Crippen LogP contribution in [0.5, 0.6) is 11.5 Å². The Kier molecular flexibility index (Phi) is 6.72. The molecular weight excluding hydrogens is 384 g/mol. The second-order valence-corrected chi connectivity index (χ2v) is 8.85. The molecule has 5 nitrogen and oxygen atoms in total. The highest BCUT2D eigenvalue weighted by Gasteiger charge is 2.25. The monoisotopic (exact) mass is 414 g/mol. The van der Waals surface area contributed by atoms with E-state index in [1.54, 1.807) is 24.5 Å². The summed E-state index contributed by atoms with van der Waals surface area (Å²) in [6.45, 7) is 2.81. The number of rotatable bonds is 8. The van der Waals surface area contributed by atoms with Gasteiger partial charge in [0.2, 0.25) is 0 Å². The number of amides is 1. The van der Waals surface area contributed by atoms with E-state index < -0.39 is 0 Å². The molecule has 1 aliphatic heterocycles. The van der Waals surface area contributed by atoms with Crippen LogP contribution in [0.15, 0.2) is 35.7 Å². The number of nitrogens with zero attached hydrogens (tertiary/aromatic N) is 1. The van der Waals surface area contributed by atoms with Gasteiger partial charge in [-0.15, -0.1) is 11.3 Å². The molecule has 0 radical (unpaired) electrons. The lowest BCUT2D eigenvalue weighted by Gasteiger charge is -2.27. The van der Waals surface area contributed by atoms with Crippen LogP contribution >= 0.6 is 11.3 Å². The molecule has 1 atom stereocenters. The van der Waals surface area contributed by atoms with Gasteiger partial charge in [-0.25, -0.2) is 0 Å². The maximum atomic E-state index is 12.8. The van der Waals surface area contributed by atoms with E-state index in [0.717, 1.165) is 31.7 Å². The van der Waals surface area contributed by atoms with Crippen molar-refractivity contribution < 1.29 is 14.3 Å². The van der Waals surface area contributed by atoms with E-state index >= 15 is 0 Å². The normalized spacial score (nSPS) is 18.7. The number of hydrogen-bond acceptors (Lipinski definition) is 5. The number of thiophene rings is 1. The van der Waals surface area contributed by atoms with E-state index in [1.165, 1.54) is 30.6 Å². The molecule has 1 saturated carbocycles. The van der Waals surface area contributed by atoms with Crippen LogP contribution in [0.2, 0.25) is 0 Å². The Labute approximate surface area is 177 Å². The first-order valence-corrected chi connectivity index (χ1v) is 11.5. The molecule has 4 rings (SSSR count). The van der Waals surface area contributed by atoms with Crippen LogP contribution in [0.25, 0.3) is 0 Å². The summed E-state index contributed by atoms with van der Waals surface area (Å²) in [6.07, 6.45) is 7.34. The number of carbonyl (C=O) groups excluding carboxylic acids is 1. The lowest BCUT2D eigenvalue weighted by Crippen LogP contribution is -2.36. The van der Waals surface area contributed by atoms with E-state index in [4.69, 9.17) is 9.47 Å². The molecule has 0 spiro atoms. The zero-order chi connectivity index (χ0) is 20.1. The lowest BCUT2D eigenvalue weighted by atomic mass is 10.1. The minimum absolute atomic E-state index is 0.0727. The van der Waals surface area contributed by atoms with Crippen molar-refractivity contribution >= 4 is 17.2 Å². The van der Waals surface area contributed by atoms with Crippen molar-refractivity contribution in [3.05, 3.63) is 46.2 Å². The second kappa shape index (κ2) is 9.63. The van der Waals surface area contributed by atoms with Crippen molar-refractivity contribution in [1.29, 1.82) is 0 Å². The highest BCUT2D eigenvalue weighted by Crippen LogP contribution is 2.32. The van der Waals surface area contributed by atoms with Gasteiger partial charge in [-0.1, -0.05) is 6.07 Å². The van der Waals surface area contributed by atoms with E-state index in [2.05, 4.69) is 27.7 Å². The third-order valence-corrected chi connectivity index (χ3v) is 6.90. The van der Waals surface area contributed by atoms with E-state index in [9.17, 15) is 4.79 Å². The highest BCUT2D eigenvalue weighted by atomic mass is 32.1. The Morgan fingerprint density at radius 1 is 1.17 bits per heavy atom. The summed E-state index contributed by atoms with van der Waals surface area (Å²) >= 11 is 1.76. The molecule has 2 aliphatic rings. The molecule has 29 heavy (non-hydrogen) atoms. The fourth-order valence-corrected chi connectivity index (χ4v) is 5.19. The number of nitrogens with one attached hydrogen (secondary N) is 1. The number of hydrogen-bond donors (Lipinski definition) is 1. The molecular formula is C23H30N2O3S. The van der Waals surface area contributed by atoms with E-state index in [1.807, 2.05) is 12.1 Å². The molecule has 1 aromatic heterocycles. The molecule has 6 heteroatoms. The predicted octanol–water partition coefficient (Wildman–Crippen LogP) is 4.65. The number of carbonyl (C=O) groups is 1. The quantitative estimate of drug-likeness (QED) is 0.683. The molecule has 156 valence electrons. The lowest BCUT2D eigenvalue weighted by molar-refractivity contribution is 0.0938. The topological polar surface area (TPSA) is 50.8 Å². The van der Waals surface area contributed by atoms with Gasteiger partial charge >= 0.3 is 0 Å². The SMILES string of the molecule is COc1cc(C(=O)NCC(c2cccs2)N2CCCC2)ccc1OC1CCCC1. The van der Waals surface area contributed by atoms with Crippen molar-refractivity contribution in [3.8, 4) is 11.5 Å². The summed E-state index contributed by atoms with van der Waals surface area (Å²) in [5.74, 6) is 1.28. The fraction of sp³-hybridized carbons (Fsp3) is 0.522. The first-order chi connectivity index (χ1) is 14.2. The van der Waals surface area contributed by atoms with Crippen LogP contribution in [-0.4, -0.2) is 43.7 Å². The summed E-state index contributed by atoms with van der Waals surface area (Å²) < 4.78 is 11.6. The van der Waals surface area contributed by atoms with Crippen molar-refractivity contribution in [1.82, 2.24) is 10.2 Å². The molecule has 1 aromatic carbocycles. The maximum absolute atomic E-state index is 12.8. The Balaban J connectivity index is 1.41. The average molecular weight is 415 g/mol. The average Bonchev–Trinajstić information content (AvgIpc) is 3.52. The molecule has 0 bridgehead atoms. The Hall–Kier alpha value is -2.05. The number of ether oxygens (including phenoxy) is 2. The van der Waals surface area contributed by atoms with Crippen LogP contribution in [-0.2, 0) is 0 Å². The van der Waals surface area contributed by atoms with Crippen molar-refractivity contribution in [2.24, 2.45) is 0 Å². The third kappa shape index (κ3) is 4.93. The van der Waals surface area contributed by atoms with Gasteiger partial charge in [-0.05, 0) is 81.3 Å². The zero-order valence-electron chi connectivity index (χ0n) is 17.1. The van der Waals surface area contributed by atoms with Gasteiger partial charge in [0.25, 0.3) is 5.91 Å². The number of methoxy groups -OCH3 is 1. The van der Waals surface area contributed by atoms with Gasteiger partial charge in [0.05, 0.1) is 19.3 Å². The standard InChI is InChI=1S/C23H30N2O3S/c1-27-21-15-17(10-11-20(21)28-18-7-2-3-8-18)23(26)24-16-19(22-9-6-14-29-22)25-12-4-5-13-25/h6,9-11,14-15,18-19H,2-5,7-8,12-13,16H2,1H3,(H,24,26). The smallest absolute Gasteiger partial charge is 0.251 e. The molecule has 1 aliphatic carbocycles. The van der Waals surface area contributed by atoms with Crippen LogP contribution < -0.4 is 14.8 Å². The van der Waals surface area contributed by atoms with Crippen molar-refractivity contribution in [2.45, 2.75) is 50.7 Å². The molecule has 1 saturated heterocycles. The summed E-state index contributed by atoms with van der Waals surface area (Å²) in [5.41, 5.74) is 0.604. The third-order valence-electron chi connectivity index (χ3n) is 5.93. The molecule has 1 unspecified atom stereocenters. The Morgan fingerprint density at radius 3 is 2.66 bits per heavy atom. The predicted molar refractivity (Wildman–Crippen MR) is 116 cm³/mol. The highest BCUT2D eigenvalue weighted by molar-refractivity contribution is 7.10. The molecule has 2 fully saturated rings. The summed E-state index contributed by atoms with van der Waals surface area (Å²) in [6, 6.07) is 9.97. The fourth-order valence-electron chi connectivity index (χ4n) is 4.33. The van der Waals surface area contributed by atoms with Crippen molar-refractivity contribution in [3.63, 3.8) is 0 Å². The molecule has 2 aromatic rings.